The van der Waals surface area contributed by atoms with E-state index >= 15 is 0 Å². The molecule has 0 radical (unpaired) electrons. The molecule has 180 valence electrons. The summed E-state index contributed by atoms with van der Waals surface area (Å²) in [7, 11) is 0. The number of H-pyrrole nitrogens is 1. The van der Waals surface area contributed by atoms with Crippen molar-refractivity contribution in [1.29, 1.82) is 0 Å². The third-order valence-electron chi connectivity index (χ3n) is 5.16. The lowest BCUT2D eigenvalue weighted by atomic mass is 10.2. The van der Waals surface area contributed by atoms with Crippen LogP contribution < -0.4 is 21.5 Å². The van der Waals surface area contributed by atoms with Crippen LogP contribution in [0, 0.1) is 0 Å². The zero-order chi connectivity index (χ0) is 24.6. The van der Waals surface area contributed by atoms with Gasteiger partial charge in [-0.1, -0.05) is 23.4 Å². The molecule has 4 rings (SSSR count). The van der Waals surface area contributed by atoms with Crippen LogP contribution >= 0.6 is 0 Å². The minimum absolute atomic E-state index is 0.114. The minimum atomic E-state index is -0.230. The first-order chi connectivity index (χ1) is 17.0. The monoisotopic (exact) mass is 475 g/mol. The molecule has 0 unspecified atom stereocenters. The van der Waals surface area contributed by atoms with Crippen LogP contribution in [0.5, 0.6) is 0 Å². The van der Waals surface area contributed by atoms with Crippen LogP contribution in [0.25, 0.3) is 22.2 Å². The maximum atomic E-state index is 12.2. The summed E-state index contributed by atoms with van der Waals surface area (Å²) >= 11 is 0. The number of nitrogens with zero attached hydrogens (tertiary/aromatic N) is 3. The van der Waals surface area contributed by atoms with Gasteiger partial charge in [-0.2, -0.15) is 10.1 Å². The lowest BCUT2D eigenvalue weighted by Crippen LogP contribution is -2.26. The standard InChI is InChI=1S/C24H25N7O4/c1-15(32)27-17-9-7-16(8-10-17)22-28-21(35-31-22)12-11-20(33)25-13-4-14-26-23-18-5-2-3-6-19(18)24(34)30-29-23/h2-3,5-10H,4,11-14H2,1H3,(H,25,33)(H,26,29)(H,27,32)(H,30,34). The van der Waals surface area contributed by atoms with Crippen molar-refractivity contribution in [2.75, 3.05) is 23.7 Å². The zero-order valence-corrected chi connectivity index (χ0v) is 19.1. The second-order valence-electron chi connectivity index (χ2n) is 7.85. The first kappa shape index (κ1) is 23.6. The summed E-state index contributed by atoms with van der Waals surface area (Å²) < 4.78 is 5.25. The average molecular weight is 476 g/mol. The number of aryl methyl sites for hydroxylation is 1. The van der Waals surface area contributed by atoms with E-state index in [2.05, 4.69) is 36.3 Å². The average Bonchev–Trinajstić information content (AvgIpc) is 3.33. The van der Waals surface area contributed by atoms with Gasteiger partial charge in [0.05, 0.1) is 5.39 Å². The second-order valence-corrected chi connectivity index (χ2v) is 7.85. The predicted molar refractivity (Wildman–Crippen MR) is 131 cm³/mol. The van der Waals surface area contributed by atoms with Gasteiger partial charge in [0.2, 0.25) is 23.5 Å². The molecule has 0 fully saturated rings. The van der Waals surface area contributed by atoms with Gasteiger partial charge in [0.1, 0.15) is 0 Å². The molecule has 11 heteroatoms. The zero-order valence-electron chi connectivity index (χ0n) is 19.1. The summed E-state index contributed by atoms with van der Waals surface area (Å²) in [6.45, 7) is 2.51. The highest BCUT2D eigenvalue weighted by molar-refractivity contribution is 5.90. The molecule has 11 nitrogen and oxygen atoms in total. The van der Waals surface area contributed by atoms with Gasteiger partial charge in [-0.25, -0.2) is 5.10 Å². The number of fused-ring (bicyclic) bond motifs is 1. The van der Waals surface area contributed by atoms with E-state index in [1.54, 1.807) is 36.4 Å². The van der Waals surface area contributed by atoms with E-state index in [0.717, 1.165) is 10.9 Å². The summed E-state index contributed by atoms with van der Waals surface area (Å²) in [5.74, 6) is 1.14. The Balaban J connectivity index is 1.18. The first-order valence-electron chi connectivity index (χ1n) is 11.2. The van der Waals surface area contributed by atoms with Gasteiger partial charge in [-0.05, 0) is 36.8 Å². The number of rotatable bonds is 10. The van der Waals surface area contributed by atoms with Gasteiger partial charge in [-0.15, -0.1) is 0 Å². The van der Waals surface area contributed by atoms with Gasteiger partial charge in [0.25, 0.3) is 5.56 Å². The molecular formula is C24H25N7O4. The first-order valence-corrected chi connectivity index (χ1v) is 11.2. The third-order valence-corrected chi connectivity index (χ3v) is 5.16. The third kappa shape index (κ3) is 6.28. The molecule has 0 aliphatic rings. The number of anilines is 2. The van der Waals surface area contributed by atoms with Gasteiger partial charge in [-0.3, -0.25) is 14.4 Å². The number of amides is 2. The Bertz CT molecular complexity index is 1380. The molecule has 0 aliphatic carbocycles. The van der Waals surface area contributed by atoms with Crippen molar-refractivity contribution in [1.82, 2.24) is 25.7 Å². The molecule has 2 heterocycles. The quantitative estimate of drug-likeness (QED) is 0.255. The Labute approximate surface area is 200 Å². The van der Waals surface area contributed by atoms with Gasteiger partial charge < -0.3 is 20.5 Å². The number of carbonyl (C=O) groups excluding carboxylic acids is 2. The Kier molecular flexibility index (Phi) is 7.46. The Morgan fingerprint density at radius 2 is 1.80 bits per heavy atom. The van der Waals surface area contributed by atoms with Crippen molar-refractivity contribution in [3.05, 3.63) is 64.8 Å². The predicted octanol–water partition coefficient (Wildman–Crippen LogP) is 2.48. The summed E-state index contributed by atoms with van der Waals surface area (Å²) in [5.41, 5.74) is 1.20. The van der Waals surface area contributed by atoms with Crippen molar-refractivity contribution in [3.63, 3.8) is 0 Å². The number of nitrogens with one attached hydrogen (secondary N) is 4. The number of benzene rings is 2. The summed E-state index contributed by atoms with van der Waals surface area (Å²) in [6.07, 6.45) is 1.23. The van der Waals surface area contributed by atoms with E-state index in [1.165, 1.54) is 6.92 Å². The molecular weight excluding hydrogens is 450 g/mol. The minimum Gasteiger partial charge on any atom is -0.368 e. The lowest BCUT2D eigenvalue weighted by Gasteiger charge is -2.08. The van der Waals surface area contributed by atoms with E-state index < -0.39 is 0 Å². The van der Waals surface area contributed by atoms with E-state index in [1.807, 2.05) is 12.1 Å². The normalized spacial score (nSPS) is 10.8. The van der Waals surface area contributed by atoms with Crippen molar-refractivity contribution in [3.8, 4) is 11.4 Å². The van der Waals surface area contributed by atoms with Crippen LogP contribution in [-0.2, 0) is 16.0 Å². The Morgan fingerprint density at radius 1 is 1.03 bits per heavy atom. The van der Waals surface area contributed by atoms with Crippen molar-refractivity contribution >= 4 is 34.1 Å². The number of hydrogen-bond acceptors (Lipinski definition) is 8. The second kappa shape index (κ2) is 11.1. The van der Waals surface area contributed by atoms with Crippen LogP contribution in [0.15, 0.2) is 57.8 Å². The summed E-state index contributed by atoms with van der Waals surface area (Å²) in [4.78, 5) is 39.4. The molecule has 2 aromatic carbocycles. The molecule has 2 aromatic heterocycles. The maximum absolute atomic E-state index is 12.2. The Hall–Kier alpha value is -4.54. The highest BCUT2D eigenvalue weighted by Gasteiger charge is 2.11. The van der Waals surface area contributed by atoms with Crippen LogP contribution in [-0.4, -0.2) is 45.2 Å². The van der Waals surface area contributed by atoms with E-state index in [9.17, 15) is 14.4 Å². The van der Waals surface area contributed by atoms with E-state index in [0.29, 0.717) is 54.5 Å². The fourth-order valence-corrected chi connectivity index (χ4v) is 3.46. The fraction of sp³-hybridized carbons (Fsp3) is 0.250. The molecule has 2 amide bonds. The fourth-order valence-electron chi connectivity index (χ4n) is 3.46. The van der Waals surface area contributed by atoms with E-state index in [-0.39, 0.29) is 23.8 Å². The molecule has 4 N–H and O–H groups in total. The molecule has 0 aliphatic heterocycles. The number of aromatic amines is 1. The van der Waals surface area contributed by atoms with Crippen molar-refractivity contribution in [2.45, 2.75) is 26.2 Å². The molecule has 35 heavy (non-hydrogen) atoms. The molecule has 0 saturated carbocycles. The number of carbonyl (C=O) groups is 2. The Morgan fingerprint density at radius 3 is 2.57 bits per heavy atom. The summed E-state index contributed by atoms with van der Waals surface area (Å²) in [6, 6.07) is 14.3. The van der Waals surface area contributed by atoms with Crippen LogP contribution in [0.3, 0.4) is 0 Å². The van der Waals surface area contributed by atoms with Crippen LogP contribution in [0.4, 0.5) is 11.5 Å². The summed E-state index contributed by atoms with van der Waals surface area (Å²) in [5, 5.41) is 20.6. The molecule has 0 saturated heterocycles. The maximum Gasteiger partial charge on any atom is 0.272 e. The number of hydrogen-bond donors (Lipinski definition) is 4. The highest BCUT2D eigenvalue weighted by atomic mass is 16.5. The highest BCUT2D eigenvalue weighted by Crippen LogP contribution is 2.19. The van der Waals surface area contributed by atoms with Gasteiger partial charge in [0, 0.05) is 49.5 Å². The van der Waals surface area contributed by atoms with Crippen LogP contribution in [0.2, 0.25) is 0 Å². The number of aromatic nitrogens is 4. The molecule has 0 bridgehead atoms. The van der Waals surface area contributed by atoms with Gasteiger partial charge >= 0.3 is 0 Å². The smallest absolute Gasteiger partial charge is 0.272 e. The molecule has 0 spiro atoms. The lowest BCUT2D eigenvalue weighted by molar-refractivity contribution is -0.121. The largest absolute Gasteiger partial charge is 0.368 e. The van der Waals surface area contributed by atoms with E-state index in [4.69, 9.17) is 4.52 Å². The van der Waals surface area contributed by atoms with Crippen LogP contribution in [0.1, 0.15) is 25.7 Å². The SMILES string of the molecule is CC(=O)Nc1ccc(-c2noc(CCC(=O)NCCCNc3n[nH]c(=O)c4ccccc34)n2)cc1. The molecule has 4 aromatic rings. The topological polar surface area (TPSA) is 155 Å². The van der Waals surface area contributed by atoms with Gasteiger partial charge in [0.15, 0.2) is 5.82 Å². The molecule has 0 atom stereocenters. The van der Waals surface area contributed by atoms with Crippen molar-refractivity contribution in [2.24, 2.45) is 0 Å². The van der Waals surface area contributed by atoms with Crippen molar-refractivity contribution < 1.29 is 14.1 Å².